The van der Waals surface area contributed by atoms with Crippen molar-refractivity contribution in [3.05, 3.63) is 59.0 Å². The lowest BCUT2D eigenvalue weighted by atomic mass is 9.95. The number of furan rings is 1. The Morgan fingerprint density at radius 1 is 0.938 bits per heavy atom. The fourth-order valence-electron chi connectivity index (χ4n) is 4.76. The summed E-state index contributed by atoms with van der Waals surface area (Å²) in [5.41, 5.74) is 2.82. The van der Waals surface area contributed by atoms with Crippen molar-refractivity contribution < 1.29 is 18.8 Å². The van der Waals surface area contributed by atoms with Crippen LogP contribution in [0.2, 0.25) is 0 Å². The number of amides is 3. The highest BCUT2D eigenvalue weighted by Gasteiger charge is 2.31. The summed E-state index contributed by atoms with van der Waals surface area (Å²) in [6.07, 6.45) is 4.55. The number of benzene rings is 1. The predicted molar refractivity (Wildman–Crippen MR) is 120 cm³/mol. The van der Waals surface area contributed by atoms with Gasteiger partial charge in [-0.3, -0.25) is 14.4 Å². The van der Waals surface area contributed by atoms with E-state index in [1.54, 1.807) is 17.0 Å². The van der Waals surface area contributed by atoms with Crippen LogP contribution < -0.4 is 5.32 Å². The molecule has 1 aromatic carbocycles. The van der Waals surface area contributed by atoms with Crippen LogP contribution in [0.25, 0.3) is 0 Å². The zero-order chi connectivity index (χ0) is 22.7. The molecule has 2 saturated heterocycles. The first kappa shape index (κ1) is 22.1. The van der Waals surface area contributed by atoms with E-state index >= 15 is 0 Å². The molecular weight excluding hydrogens is 406 g/mol. The molecule has 170 valence electrons. The van der Waals surface area contributed by atoms with Crippen molar-refractivity contribution in [3.8, 4) is 0 Å². The van der Waals surface area contributed by atoms with Crippen LogP contribution in [-0.4, -0.2) is 59.7 Å². The van der Waals surface area contributed by atoms with Crippen LogP contribution in [0.4, 0.5) is 0 Å². The Kier molecular flexibility index (Phi) is 6.63. The lowest BCUT2D eigenvalue weighted by molar-refractivity contribution is -0.127. The van der Waals surface area contributed by atoms with Crippen LogP contribution in [0.3, 0.4) is 0 Å². The minimum absolute atomic E-state index is 0.000883. The normalized spacial score (nSPS) is 19.6. The fraction of sp³-hybridized carbons (Fsp3) is 0.480. The summed E-state index contributed by atoms with van der Waals surface area (Å²) < 4.78 is 5.20. The van der Waals surface area contributed by atoms with Crippen LogP contribution >= 0.6 is 0 Å². The van der Waals surface area contributed by atoms with Gasteiger partial charge in [0.05, 0.1) is 12.2 Å². The Morgan fingerprint density at radius 2 is 1.66 bits per heavy atom. The van der Waals surface area contributed by atoms with Crippen LogP contribution in [0.15, 0.2) is 41.0 Å². The SMILES string of the molecule is Cc1cc(C)cc(C(=O)N2CCCC(C(=O)NC3CCN(C(=O)c4ccco4)CC3)C2)c1. The largest absolute Gasteiger partial charge is 0.459 e. The molecule has 1 unspecified atom stereocenters. The number of hydrogen-bond acceptors (Lipinski definition) is 4. The Hall–Kier alpha value is -3.09. The number of hydrogen-bond donors (Lipinski definition) is 1. The van der Waals surface area contributed by atoms with Gasteiger partial charge in [-0.1, -0.05) is 17.2 Å². The maximum atomic E-state index is 13.0. The monoisotopic (exact) mass is 437 g/mol. The molecule has 2 fully saturated rings. The molecule has 7 nitrogen and oxygen atoms in total. The average Bonchev–Trinajstić information content (AvgIpc) is 3.33. The minimum atomic E-state index is -0.193. The van der Waals surface area contributed by atoms with E-state index in [9.17, 15) is 14.4 Å². The van der Waals surface area contributed by atoms with E-state index in [0.717, 1.165) is 36.8 Å². The van der Waals surface area contributed by atoms with E-state index in [2.05, 4.69) is 11.4 Å². The number of carbonyl (C=O) groups is 3. The molecule has 2 aromatic rings. The van der Waals surface area contributed by atoms with Crippen molar-refractivity contribution in [2.24, 2.45) is 5.92 Å². The van der Waals surface area contributed by atoms with Gasteiger partial charge in [-0.25, -0.2) is 0 Å². The Labute approximate surface area is 188 Å². The van der Waals surface area contributed by atoms with Crippen molar-refractivity contribution in [2.75, 3.05) is 26.2 Å². The number of carbonyl (C=O) groups excluding carboxylic acids is 3. The highest BCUT2D eigenvalue weighted by atomic mass is 16.3. The van der Waals surface area contributed by atoms with Crippen molar-refractivity contribution in [1.82, 2.24) is 15.1 Å². The second-order valence-electron chi connectivity index (χ2n) is 9.02. The third-order valence-corrected chi connectivity index (χ3v) is 6.41. The minimum Gasteiger partial charge on any atom is -0.459 e. The van der Waals surface area contributed by atoms with Crippen molar-refractivity contribution >= 4 is 17.7 Å². The van der Waals surface area contributed by atoms with E-state index < -0.39 is 0 Å². The van der Waals surface area contributed by atoms with Gasteiger partial charge in [-0.2, -0.15) is 0 Å². The van der Waals surface area contributed by atoms with E-state index in [-0.39, 0.29) is 29.7 Å². The maximum absolute atomic E-state index is 13.0. The molecule has 0 aliphatic carbocycles. The molecule has 4 rings (SSSR count). The number of nitrogens with zero attached hydrogens (tertiary/aromatic N) is 2. The Balaban J connectivity index is 1.29. The smallest absolute Gasteiger partial charge is 0.289 e. The first-order valence-corrected chi connectivity index (χ1v) is 11.4. The van der Waals surface area contributed by atoms with Gasteiger partial charge in [0, 0.05) is 37.8 Å². The summed E-state index contributed by atoms with van der Waals surface area (Å²) in [6, 6.07) is 9.31. The van der Waals surface area contributed by atoms with Gasteiger partial charge in [-0.05, 0) is 63.8 Å². The van der Waals surface area contributed by atoms with Gasteiger partial charge >= 0.3 is 0 Å². The molecule has 0 radical (unpaired) electrons. The second-order valence-corrected chi connectivity index (χ2v) is 9.02. The molecule has 0 spiro atoms. The number of piperidine rings is 2. The van der Waals surface area contributed by atoms with Crippen LogP contribution in [0.5, 0.6) is 0 Å². The van der Waals surface area contributed by atoms with Gasteiger partial charge in [0.25, 0.3) is 11.8 Å². The van der Waals surface area contributed by atoms with Crippen LogP contribution in [0, 0.1) is 19.8 Å². The molecule has 1 atom stereocenters. The fourth-order valence-corrected chi connectivity index (χ4v) is 4.76. The highest BCUT2D eigenvalue weighted by molar-refractivity contribution is 5.95. The van der Waals surface area contributed by atoms with Gasteiger partial charge in [-0.15, -0.1) is 0 Å². The third-order valence-electron chi connectivity index (χ3n) is 6.41. The molecule has 0 saturated carbocycles. The quantitative estimate of drug-likeness (QED) is 0.797. The zero-order valence-corrected chi connectivity index (χ0v) is 18.8. The third kappa shape index (κ3) is 5.03. The van der Waals surface area contributed by atoms with E-state index in [0.29, 0.717) is 37.5 Å². The first-order valence-electron chi connectivity index (χ1n) is 11.4. The molecule has 7 heteroatoms. The lowest BCUT2D eigenvalue weighted by Crippen LogP contribution is -2.50. The molecule has 2 aliphatic rings. The van der Waals surface area contributed by atoms with Gasteiger partial charge in [0.2, 0.25) is 5.91 Å². The lowest BCUT2D eigenvalue weighted by Gasteiger charge is -2.35. The van der Waals surface area contributed by atoms with Crippen LogP contribution in [0.1, 0.15) is 57.7 Å². The first-order chi connectivity index (χ1) is 15.4. The summed E-state index contributed by atoms with van der Waals surface area (Å²) in [6.45, 7) is 6.29. The average molecular weight is 438 g/mol. The number of nitrogens with one attached hydrogen (secondary N) is 1. The van der Waals surface area contributed by atoms with Gasteiger partial charge in [0.1, 0.15) is 0 Å². The van der Waals surface area contributed by atoms with Crippen molar-refractivity contribution in [3.63, 3.8) is 0 Å². The molecule has 2 aliphatic heterocycles. The maximum Gasteiger partial charge on any atom is 0.289 e. The van der Waals surface area contributed by atoms with E-state index in [1.165, 1.54) is 6.26 Å². The molecule has 3 amide bonds. The zero-order valence-electron chi connectivity index (χ0n) is 18.8. The number of rotatable bonds is 4. The summed E-state index contributed by atoms with van der Waals surface area (Å²) >= 11 is 0. The summed E-state index contributed by atoms with van der Waals surface area (Å²) in [5, 5.41) is 3.16. The molecule has 0 bridgehead atoms. The molecular formula is C25H31N3O4. The summed E-state index contributed by atoms with van der Waals surface area (Å²) in [7, 11) is 0. The van der Waals surface area contributed by atoms with E-state index in [1.807, 2.05) is 30.9 Å². The Bertz CT molecular complexity index is 957. The topological polar surface area (TPSA) is 82.9 Å². The number of aryl methyl sites for hydroxylation is 2. The number of likely N-dealkylation sites (tertiary alicyclic amines) is 2. The highest BCUT2D eigenvalue weighted by Crippen LogP contribution is 2.21. The van der Waals surface area contributed by atoms with Gasteiger partial charge < -0.3 is 19.5 Å². The predicted octanol–water partition coefficient (Wildman–Crippen LogP) is 3.17. The molecule has 3 heterocycles. The second kappa shape index (κ2) is 9.59. The Morgan fingerprint density at radius 3 is 2.31 bits per heavy atom. The summed E-state index contributed by atoms with van der Waals surface area (Å²) in [4.78, 5) is 41.9. The molecule has 1 aromatic heterocycles. The van der Waals surface area contributed by atoms with E-state index in [4.69, 9.17) is 4.42 Å². The van der Waals surface area contributed by atoms with Crippen LogP contribution in [-0.2, 0) is 4.79 Å². The summed E-state index contributed by atoms with van der Waals surface area (Å²) in [5.74, 6) is 0.0648. The van der Waals surface area contributed by atoms with Crippen molar-refractivity contribution in [2.45, 2.75) is 45.6 Å². The van der Waals surface area contributed by atoms with Gasteiger partial charge in [0.15, 0.2) is 5.76 Å². The molecule has 32 heavy (non-hydrogen) atoms. The standard InChI is InChI=1S/C25H31N3O4/c1-17-13-18(2)15-20(14-17)24(30)28-9-3-5-19(16-28)23(29)26-21-7-10-27(11-8-21)25(31)22-6-4-12-32-22/h4,6,12-15,19,21H,3,5,7-11,16H2,1-2H3,(H,26,29). The van der Waals surface area contributed by atoms with Crippen molar-refractivity contribution in [1.29, 1.82) is 0 Å². The molecule has 1 N–H and O–H groups in total.